The van der Waals surface area contributed by atoms with E-state index < -0.39 is 7.82 Å². The zero-order valence-electron chi connectivity index (χ0n) is 14.1. The van der Waals surface area contributed by atoms with Crippen molar-refractivity contribution in [3.63, 3.8) is 0 Å². The van der Waals surface area contributed by atoms with Gasteiger partial charge in [-0.2, -0.15) is 39.9 Å². The topological polar surface area (TPSA) is 44.8 Å². The van der Waals surface area contributed by atoms with Gasteiger partial charge in [-0.25, -0.2) is 0 Å². The minimum absolute atomic E-state index is 0.671. The molecule has 0 aromatic rings. The molecule has 0 atom stereocenters. The summed E-state index contributed by atoms with van der Waals surface area (Å²) in [6.45, 7) is 0. The number of hydrogen-bond acceptors (Lipinski definition) is 10. The standard InChI is InChI=1S/C15H21O4PS6/c16-20(17-13-7-21-1-2-22-8-13,18-14-9-23-3-4-24-10-14)19-15-11-25-5-6-26-12-15/h7,9,11H,1-6,8,10,12H2. The van der Waals surface area contributed by atoms with Gasteiger partial charge in [0.1, 0.15) is 17.3 Å². The first-order chi connectivity index (χ1) is 12.7. The summed E-state index contributed by atoms with van der Waals surface area (Å²) in [6.07, 6.45) is 0. The van der Waals surface area contributed by atoms with Crippen LogP contribution in [0.4, 0.5) is 0 Å². The van der Waals surface area contributed by atoms with Crippen molar-refractivity contribution in [1.82, 2.24) is 0 Å². The molecule has 146 valence electrons. The number of thioether (sulfide) groups is 6. The summed E-state index contributed by atoms with van der Waals surface area (Å²) in [5.41, 5.74) is 0. The van der Waals surface area contributed by atoms with Crippen LogP contribution in [0.1, 0.15) is 0 Å². The normalized spacial score (nSPS) is 22.7. The van der Waals surface area contributed by atoms with Crippen molar-refractivity contribution < 1.29 is 18.1 Å². The summed E-state index contributed by atoms with van der Waals surface area (Å²) in [6, 6.07) is 0. The second kappa shape index (κ2) is 11.8. The lowest BCUT2D eigenvalue weighted by molar-refractivity contribution is 0.198. The van der Waals surface area contributed by atoms with Crippen molar-refractivity contribution in [1.29, 1.82) is 0 Å². The van der Waals surface area contributed by atoms with Gasteiger partial charge >= 0.3 is 7.82 Å². The van der Waals surface area contributed by atoms with E-state index in [0.29, 0.717) is 34.5 Å². The molecule has 4 nitrogen and oxygen atoms in total. The van der Waals surface area contributed by atoms with Gasteiger partial charge in [-0.3, -0.25) is 0 Å². The molecule has 3 rings (SSSR count). The maximum atomic E-state index is 13.5. The molecule has 0 unspecified atom stereocenters. The highest BCUT2D eigenvalue weighted by Gasteiger charge is 2.36. The average Bonchev–Trinajstić information content (AvgIpc) is 3.11. The predicted octanol–water partition coefficient (Wildman–Crippen LogP) is 6.11. The molecular weight excluding hydrogens is 468 g/mol. The summed E-state index contributed by atoms with van der Waals surface area (Å²) in [5.74, 6) is 10.3. The second-order valence-electron chi connectivity index (χ2n) is 5.24. The third kappa shape index (κ3) is 7.76. The lowest BCUT2D eigenvalue weighted by Crippen LogP contribution is -2.04. The first-order valence-corrected chi connectivity index (χ1v) is 16.1. The van der Waals surface area contributed by atoms with Gasteiger partial charge in [-0.1, -0.05) is 0 Å². The van der Waals surface area contributed by atoms with Gasteiger partial charge in [0.05, 0.1) is 17.3 Å². The van der Waals surface area contributed by atoms with E-state index in [0.717, 1.165) is 34.5 Å². The Balaban J connectivity index is 1.74. The van der Waals surface area contributed by atoms with Gasteiger partial charge < -0.3 is 13.6 Å². The molecular formula is C15H21O4PS6. The van der Waals surface area contributed by atoms with Crippen LogP contribution in [0.2, 0.25) is 0 Å². The van der Waals surface area contributed by atoms with Gasteiger partial charge in [0, 0.05) is 50.7 Å². The Morgan fingerprint density at radius 2 is 0.962 bits per heavy atom. The zero-order chi connectivity index (χ0) is 18.1. The van der Waals surface area contributed by atoms with Crippen LogP contribution in [0.15, 0.2) is 33.5 Å². The van der Waals surface area contributed by atoms with Gasteiger partial charge in [0.25, 0.3) is 0 Å². The molecule has 0 radical (unpaired) electrons. The number of phosphoric acid groups is 1. The highest BCUT2D eigenvalue weighted by atomic mass is 32.2. The zero-order valence-corrected chi connectivity index (χ0v) is 19.9. The van der Waals surface area contributed by atoms with Gasteiger partial charge in [0.15, 0.2) is 0 Å². The summed E-state index contributed by atoms with van der Waals surface area (Å²) in [4.78, 5) is 0. The van der Waals surface area contributed by atoms with Crippen molar-refractivity contribution in [2.45, 2.75) is 0 Å². The number of hydrogen-bond donors (Lipinski definition) is 0. The number of phosphoric ester groups is 1. The largest absolute Gasteiger partial charge is 0.646 e. The monoisotopic (exact) mass is 488 g/mol. The highest BCUT2D eigenvalue weighted by molar-refractivity contribution is 8.06. The van der Waals surface area contributed by atoms with Crippen LogP contribution in [0.5, 0.6) is 0 Å². The fraction of sp³-hybridized carbons (Fsp3) is 0.600. The van der Waals surface area contributed by atoms with Crippen molar-refractivity contribution in [2.24, 2.45) is 0 Å². The first-order valence-electron chi connectivity index (χ1n) is 8.07. The Kier molecular flexibility index (Phi) is 9.85. The Bertz CT molecular complexity index is 528. The summed E-state index contributed by atoms with van der Waals surface area (Å²) < 4.78 is 31.1. The van der Waals surface area contributed by atoms with Gasteiger partial charge in [0.2, 0.25) is 0 Å². The molecule has 0 amide bonds. The Morgan fingerprint density at radius 1 is 0.615 bits per heavy atom. The van der Waals surface area contributed by atoms with Crippen molar-refractivity contribution in [2.75, 3.05) is 51.8 Å². The molecule has 26 heavy (non-hydrogen) atoms. The van der Waals surface area contributed by atoms with E-state index in [1.165, 1.54) is 0 Å². The summed E-state index contributed by atoms with van der Waals surface area (Å²) in [5, 5.41) is 5.82. The van der Waals surface area contributed by atoms with E-state index in [-0.39, 0.29) is 0 Å². The summed E-state index contributed by atoms with van der Waals surface area (Å²) in [7, 11) is -3.77. The Morgan fingerprint density at radius 3 is 1.31 bits per heavy atom. The fourth-order valence-electron chi connectivity index (χ4n) is 2.03. The van der Waals surface area contributed by atoms with Crippen LogP contribution in [0.25, 0.3) is 0 Å². The average molecular weight is 489 g/mol. The molecule has 3 heterocycles. The van der Waals surface area contributed by atoms with Gasteiger partial charge in [-0.05, 0) is 0 Å². The minimum atomic E-state index is -3.77. The van der Waals surface area contributed by atoms with Crippen LogP contribution >= 0.6 is 78.4 Å². The fourth-order valence-corrected chi connectivity index (χ4v) is 9.48. The lowest BCUT2D eigenvalue weighted by atomic mass is 10.7. The SMILES string of the molecule is O=P(OC1=CSCCSC1)(OC1=CSCCSC1)OC1=CSCCSC1. The molecule has 0 saturated heterocycles. The van der Waals surface area contributed by atoms with E-state index in [4.69, 9.17) is 13.6 Å². The maximum absolute atomic E-state index is 13.5. The van der Waals surface area contributed by atoms with Gasteiger partial charge in [-0.15, -0.1) is 35.3 Å². The first kappa shape index (κ1) is 21.7. The molecule has 0 aromatic carbocycles. The quantitative estimate of drug-likeness (QED) is 0.409. The molecule has 0 bridgehead atoms. The molecule has 3 aliphatic rings. The van der Waals surface area contributed by atoms with Crippen LogP contribution in [-0.2, 0) is 18.1 Å². The molecule has 3 aliphatic heterocycles. The summed E-state index contributed by atoms with van der Waals surface area (Å²) >= 11 is 10.3. The van der Waals surface area contributed by atoms with Crippen LogP contribution < -0.4 is 0 Å². The molecule has 0 N–H and O–H groups in total. The van der Waals surface area contributed by atoms with Crippen LogP contribution in [0, 0.1) is 0 Å². The van der Waals surface area contributed by atoms with E-state index in [1.807, 2.05) is 16.2 Å². The predicted molar refractivity (Wildman–Crippen MR) is 124 cm³/mol. The lowest BCUT2D eigenvalue weighted by Gasteiger charge is -2.22. The third-order valence-corrected chi connectivity index (χ3v) is 10.8. The molecule has 0 saturated carbocycles. The van der Waals surface area contributed by atoms with Crippen LogP contribution in [0.3, 0.4) is 0 Å². The minimum Gasteiger partial charge on any atom is -0.389 e. The van der Waals surface area contributed by atoms with Crippen molar-refractivity contribution >= 4 is 78.4 Å². The van der Waals surface area contributed by atoms with E-state index in [9.17, 15) is 4.57 Å². The molecule has 0 fully saturated rings. The number of rotatable bonds is 6. The van der Waals surface area contributed by atoms with E-state index >= 15 is 0 Å². The van der Waals surface area contributed by atoms with Crippen molar-refractivity contribution in [3.8, 4) is 0 Å². The molecule has 0 spiro atoms. The van der Waals surface area contributed by atoms with Crippen LogP contribution in [-0.4, -0.2) is 51.8 Å². The van der Waals surface area contributed by atoms with E-state index in [2.05, 4.69) is 0 Å². The molecule has 0 aromatic heterocycles. The molecule has 11 heteroatoms. The smallest absolute Gasteiger partial charge is 0.389 e. The Labute approximate surface area is 180 Å². The maximum Gasteiger partial charge on any atom is 0.646 e. The third-order valence-electron chi connectivity index (χ3n) is 3.10. The van der Waals surface area contributed by atoms with E-state index in [1.54, 1.807) is 70.6 Å². The van der Waals surface area contributed by atoms with Crippen molar-refractivity contribution in [3.05, 3.63) is 33.5 Å². The molecule has 0 aliphatic carbocycles. The second-order valence-corrected chi connectivity index (χ2v) is 12.9. The Hall–Kier alpha value is 0.950. The highest BCUT2D eigenvalue weighted by Crippen LogP contribution is 2.56.